The summed E-state index contributed by atoms with van der Waals surface area (Å²) in [5.74, 6) is -0.435. The van der Waals surface area contributed by atoms with Gasteiger partial charge in [-0.25, -0.2) is 0 Å². The lowest BCUT2D eigenvalue weighted by Crippen LogP contribution is -2.24. The summed E-state index contributed by atoms with van der Waals surface area (Å²) < 4.78 is 0. The van der Waals surface area contributed by atoms with Gasteiger partial charge in [-0.15, -0.1) is 0 Å². The monoisotopic (exact) mass is 261 g/mol. The second-order valence-electron chi connectivity index (χ2n) is 4.43. The van der Waals surface area contributed by atoms with Crippen LogP contribution in [0.1, 0.15) is 24.2 Å². The Labute approximate surface area is 111 Å². The Morgan fingerprint density at radius 2 is 2.21 bits per heavy atom. The molecule has 0 N–H and O–H groups in total. The lowest BCUT2D eigenvalue weighted by Gasteiger charge is -2.22. The molecule has 1 atom stereocenters. The normalized spacial score (nSPS) is 11.5. The lowest BCUT2D eigenvalue weighted by molar-refractivity contribution is -0.384. The van der Waals surface area contributed by atoms with E-state index in [1.54, 1.807) is 24.9 Å². The molecule has 0 aliphatic carbocycles. The van der Waals surface area contributed by atoms with Gasteiger partial charge in [-0.05, 0) is 19.9 Å². The van der Waals surface area contributed by atoms with Crippen LogP contribution in [-0.4, -0.2) is 24.3 Å². The van der Waals surface area contributed by atoms with Crippen molar-refractivity contribution in [1.82, 2.24) is 0 Å². The largest absolute Gasteiger partial charge is 0.373 e. The summed E-state index contributed by atoms with van der Waals surface area (Å²) in [5, 5.41) is 19.5. The van der Waals surface area contributed by atoms with Gasteiger partial charge in [-0.3, -0.25) is 14.9 Å². The molecule has 0 aliphatic heterocycles. The van der Waals surface area contributed by atoms with E-state index in [-0.39, 0.29) is 17.4 Å². The number of Topliss-reactive ketones (excluding diaryl/α,β-unsaturated/α-hetero) is 1. The third-order valence-electron chi connectivity index (χ3n) is 2.75. The molecule has 19 heavy (non-hydrogen) atoms. The molecule has 1 unspecified atom stereocenters. The predicted octanol–water partition coefficient (Wildman–Crippen LogP) is 2.39. The molecule has 6 heteroatoms. The smallest absolute Gasteiger partial charge is 0.270 e. The number of hydrogen-bond donors (Lipinski definition) is 0. The minimum absolute atomic E-state index is 0.115. The number of nitro benzene ring substituents is 1. The number of non-ortho nitro benzene ring substituents is 1. The maximum atomic E-state index is 11.6. The fourth-order valence-corrected chi connectivity index (χ4v) is 1.80. The van der Waals surface area contributed by atoms with Gasteiger partial charge in [0.25, 0.3) is 5.69 Å². The van der Waals surface area contributed by atoms with Gasteiger partial charge in [0, 0.05) is 37.0 Å². The minimum atomic E-state index is -0.534. The standard InChI is InChI=1S/C13H15N3O3/c1-9(7-14)8-15(3)13-5-4-11(16(18)19)6-12(13)10(2)17/h4-6,9H,8H2,1-3H3. The van der Waals surface area contributed by atoms with Crippen LogP contribution in [0, 0.1) is 27.4 Å². The number of carbonyl (C=O) groups is 1. The molecule has 1 aromatic carbocycles. The minimum Gasteiger partial charge on any atom is -0.373 e. The van der Waals surface area contributed by atoms with Gasteiger partial charge < -0.3 is 4.90 Å². The molecule has 0 bridgehead atoms. The van der Waals surface area contributed by atoms with Crippen LogP contribution >= 0.6 is 0 Å². The first-order valence-electron chi connectivity index (χ1n) is 5.77. The molecule has 1 rings (SSSR count). The Hall–Kier alpha value is -2.42. The van der Waals surface area contributed by atoms with Crippen LogP contribution in [0.4, 0.5) is 11.4 Å². The SMILES string of the molecule is CC(=O)c1cc([N+](=O)[O-])ccc1N(C)CC(C)C#N. The predicted molar refractivity (Wildman–Crippen MR) is 71.1 cm³/mol. The number of ketones is 1. The number of nitrogens with zero attached hydrogens (tertiary/aromatic N) is 3. The van der Waals surface area contributed by atoms with Crippen molar-refractivity contribution in [1.29, 1.82) is 5.26 Å². The average molecular weight is 261 g/mol. The van der Waals surface area contributed by atoms with Crippen LogP contribution in [0.5, 0.6) is 0 Å². The Kier molecular flexibility index (Phi) is 4.59. The van der Waals surface area contributed by atoms with Gasteiger partial charge in [0.15, 0.2) is 5.78 Å². The maximum absolute atomic E-state index is 11.6. The van der Waals surface area contributed by atoms with Crippen molar-refractivity contribution >= 4 is 17.2 Å². The first-order chi connectivity index (χ1) is 8.86. The number of rotatable bonds is 5. The number of benzene rings is 1. The van der Waals surface area contributed by atoms with Crippen LogP contribution in [0.15, 0.2) is 18.2 Å². The molecule has 0 amide bonds. The van der Waals surface area contributed by atoms with E-state index in [0.29, 0.717) is 17.8 Å². The van der Waals surface area contributed by atoms with Crippen molar-refractivity contribution in [3.63, 3.8) is 0 Å². The topological polar surface area (TPSA) is 87.2 Å². The number of hydrogen-bond acceptors (Lipinski definition) is 5. The molecule has 0 radical (unpaired) electrons. The molecule has 6 nitrogen and oxygen atoms in total. The quantitative estimate of drug-likeness (QED) is 0.461. The molecule has 0 saturated heterocycles. The molecule has 0 spiro atoms. The Bertz CT molecular complexity index is 549. The highest BCUT2D eigenvalue weighted by atomic mass is 16.6. The van der Waals surface area contributed by atoms with Gasteiger partial charge in [0.1, 0.15) is 0 Å². The van der Waals surface area contributed by atoms with Crippen LogP contribution in [0.25, 0.3) is 0 Å². The van der Waals surface area contributed by atoms with Gasteiger partial charge in [-0.2, -0.15) is 5.26 Å². The highest BCUT2D eigenvalue weighted by Gasteiger charge is 2.17. The zero-order valence-electron chi connectivity index (χ0n) is 11.1. The molecular weight excluding hydrogens is 246 g/mol. The molecule has 0 heterocycles. The van der Waals surface area contributed by atoms with E-state index >= 15 is 0 Å². The van der Waals surface area contributed by atoms with Crippen molar-refractivity contribution in [2.24, 2.45) is 5.92 Å². The van der Waals surface area contributed by atoms with E-state index in [0.717, 1.165) is 0 Å². The fourth-order valence-electron chi connectivity index (χ4n) is 1.80. The van der Waals surface area contributed by atoms with Crippen molar-refractivity contribution in [3.8, 4) is 6.07 Å². The van der Waals surface area contributed by atoms with Crippen LogP contribution < -0.4 is 4.90 Å². The van der Waals surface area contributed by atoms with E-state index < -0.39 is 4.92 Å². The van der Waals surface area contributed by atoms with E-state index in [1.807, 2.05) is 0 Å². The van der Waals surface area contributed by atoms with Gasteiger partial charge in [0.2, 0.25) is 0 Å². The summed E-state index contributed by atoms with van der Waals surface area (Å²) in [7, 11) is 1.75. The van der Waals surface area contributed by atoms with Crippen molar-refractivity contribution < 1.29 is 9.72 Å². The maximum Gasteiger partial charge on any atom is 0.270 e. The number of anilines is 1. The van der Waals surface area contributed by atoms with Gasteiger partial charge in [-0.1, -0.05) is 0 Å². The van der Waals surface area contributed by atoms with Crippen LogP contribution in [0.2, 0.25) is 0 Å². The molecule has 1 aromatic rings. The number of nitro groups is 1. The summed E-state index contributed by atoms with van der Waals surface area (Å²) in [6, 6.07) is 6.28. The van der Waals surface area contributed by atoms with Crippen molar-refractivity contribution in [2.75, 3.05) is 18.5 Å². The third kappa shape index (κ3) is 3.52. The highest BCUT2D eigenvalue weighted by molar-refractivity contribution is 6.00. The Morgan fingerprint density at radius 1 is 1.58 bits per heavy atom. The Balaban J connectivity index is 3.17. The van der Waals surface area contributed by atoms with Gasteiger partial charge >= 0.3 is 0 Å². The number of nitriles is 1. The molecule has 100 valence electrons. The zero-order valence-corrected chi connectivity index (χ0v) is 11.1. The zero-order chi connectivity index (χ0) is 14.6. The first kappa shape index (κ1) is 14.6. The summed E-state index contributed by atoms with van der Waals surface area (Å²) in [6.07, 6.45) is 0. The first-order valence-corrected chi connectivity index (χ1v) is 5.77. The molecular formula is C13H15N3O3. The summed E-state index contributed by atoms with van der Waals surface area (Å²) in [4.78, 5) is 23.5. The average Bonchev–Trinajstić information content (AvgIpc) is 2.37. The van der Waals surface area contributed by atoms with E-state index in [9.17, 15) is 14.9 Å². The summed E-state index contributed by atoms with van der Waals surface area (Å²) in [5.41, 5.74) is 0.776. The van der Waals surface area contributed by atoms with Crippen molar-refractivity contribution in [3.05, 3.63) is 33.9 Å². The highest BCUT2D eigenvalue weighted by Crippen LogP contribution is 2.25. The second kappa shape index (κ2) is 5.96. The fraction of sp³-hybridized carbons (Fsp3) is 0.385. The van der Waals surface area contributed by atoms with Crippen molar-refractivity contribution in [2.45, 2.75) is 13.8 Å². The molecule has 0 aromatic heterocycles. The molecule has 0 saturated carbocycles. The number of carbonyl (C=O) groups excluding carboxylic acids is 1. The Morgan fingerprint density at radius 3 is 2.68 bits per heavy atom. The molecule has 0 aliphatic rings. The van der Waals surface area contributed by atoms with E-state index in [2.05, 4.69) is 6.07 Å². The van der Waals surface area contributed by atoms with Gasteiger partial charge in [0.05, 0.1) is 16.9 Å². The van der Waals surface area contributed by atoms with Crippen LogP contribution in [0.3, 0.4) is 0 Å². The summed E-state index contributed by atoms with van der Waals surface area (Å²) in [6.45, 7) is 3.59. The van der Waals surface area contributed by atoms with E-state index in [4.69, 9.17) is 5.26 Å². The van der Waals surface area contributed by atoms with E-state index in [1.165, 1.54) is 19.1 Å². The molecule has 0 fully saturated rings. The van der Waals surface area contributed by atoms with Crippen LogP contribution in [-0.2, 0) is 0 Å². The summed E-state index contributed by atoms with van der Waals surface area (Å²) >= 11 is 0. The lowest BCUT2D eigenvalue weighted by atomic mass is 10.1. The second-order valence-corrected chi connectivity index (χ2v) is 4.43. The third-order valence-corrected chi connectivity index (χ3v) is 2.75.